The lowest BCUT2D eigenvalue weighted by atomic mass is 10.3. The van der Waals surface area contributed by atoms with Gasteiger partial charge in [-0.1, -0.05) is 39.1 Å². The topological polar surface area (TPSA) is 66.5 Å². The average molecular weight is 452 g/mol. The first-order valence-corrected chi connectivity index (χ1v) is 10.0. The van der Waals surface area contributed by atoms with Gasteiger partial charge in [-0.15, -0.1) is 0 Å². The van der Waals surface area contributed by atoms with Gasteiger partial charge >= 0.3 is 0 Å². The van der Waals surface area contributed by atoms with Crippen LogP contribution >= 0.6 is 39.1 Å². The van der Waals surface area contributed by atoms with Crippen molar-refractivity contribution in [3.05, 3.63) is 57.0 Å². The lowest BCUT2D eigenvalue weighted by molar-refractivity contribution is -0.114. The maximum Gasteiger partial charge on any atom is 0.245 e. The van der Waals surface area contributed by atoms with Crippen LogP contribution in [0.1, 0.15) is 0 Å². The summed E-state index contributed by atoms with van der Waals surface area (Å²) in [5.41, 5.74) is 0.779. The number of sulfonamides is 1. The van der Waals surface area contributed by atoms with Crippen LogP contribution in [0.25, 0.3) is 0 Å². The molecule has 2 aromatic rings. The van der Waals surface area contributed by atoms with Crippen LogP contribution in [0, 0.1) is 0 Å². The van der Waals surface area contributed by atoms with E-state index in [2.05, 4.69) is 21.2 Å². The van der Waals surface area contributed by atoms with E-state index in [1.54, 1.807) is 24.3 Å². The van der Waals surface area contributed by atoms with Crippen molar-refractivity contribution in [3.63, 3.8) is 0 Å². The van der Waals surface area contributed by atoms with Gasteiger partial charge in [-0.05, 0) is 42.5 Å². The van der Waals surface area contributed by atoms with Crippen molar-refractivity contribution >= 4 is 66.4 Å². The number of hydrogen-bond donors (Lipinski definition) is 1. The second kappa shape index (κ2) is 7.74. The van der Waals surface area contributed by atoms with Crippen LogP contribution in [0.3, 0.4) is 0 Å². The predicted octanol–water partition coefficient (Wildman–Crippen LogP) is 4.16. The maximum absolute atomic E-state index is 12.2. The quantitative estimate of drug-likeness (QED) is 0.741. The molecule has 0 unspecified atom stereocenters. The monoisotopic (exact) mass is 450 g/mol. The van der Waals surface area contributed by atoms with E-state index in [4.69, 9.17) is 23.2 Å². The van der Waals surface area contributed by atoms with Crippen LogP contribution in [0.5, 0.6) is 0 Å². The Kier molecular flexibility index (Phi) is 6.14. The Balaban J connectivity index is 2.23. The van der Waals surface area contributed by atoms with Crippen LogP contribution in [-0.2, 0) is 14.8 Å². The van der Waals surface area contributed by atoms with Crippen LogP contribution in [0.4, 0.5) is 11.4 Å². The van der Waals surface area contributed by atoms with E-state index in [0.29, 0.717) is 5.69 Å². The van der Waals surface area contributed by atoms with Gasteiger partial charge in [-0.2, -0.15) is 0 Å². The molecule has 0 atom stereocenters. The molecule has 1 amide bonds. The smallest absolute Gasteiger partial charge is 0.245 e. The van der Waals surface area contributed by atoms with E-state index >= 15 is 0 Å². The van der Waals surface area contributed by atoms with Crippen molar-refractivity contribution in [2.75, 3.05) is 22.4 Å². The number of benzene rings is 2. The van der Waals surface area contributed by atoms with Gasteiger partial charge in [0.15, 0.2) is 0 Å². The molecule has 0 saturated heterocycles. The van der Waals surface area contributed by atoms with Gasteiger partial charge in [0.25, 0.3) is 0 Å². The Morgan fingerprint density at radius 1 is 1.12 bits per heavy atom. The minimum atomic E-state index is -3.70. The van der Waals surface area contributed by atoms with Gasteiger partial charge in [0.2, 0.25) is 15.9 Å². The highest BCUT2D eigenvalue weighted by molar-refractivity contribution is 9.10. The molecule has 0 bridgehead atoms. The SMILES string of the molecule is CS(=O)(=O)N(CC(=O)Nc1ccc(Br)cc1)c1cc(Cl)cc(Cl)c1. The fraction of sp³-hybridized carbons (Fsp3) is 0.133. The van der Waals surface area contributed by atoms with Gasteiger partial charge in [0.05, 0.1) is 11.9 Å². The summed E-state index contributed by atoms with van der Waals surface area (Å²) in [4.78, 5) is 12.2. The predicted molar refractivity (Wildman–Crippen MR) is 101 cm³/mol. The largest absolute Gasteiger partial charge is 0.325 e. The summed E-state index contributed by atoms with van der Waals surface area (Å²) in [6.07, 6.45) is 1.01. The fourth-order valence-corrected chi connectivity index (χ4v) is 3.57. The van der Waals surface area contributed by atoms with Crippen LogP contribution in [0.15, 0.2) is 46.9 Å². The third-order valence-electron chi connectivity index (χ3n) is 2.95. The summed E-state index contributed by atoms with van der Waals surface area (Å²) in [6.45, 7) is -0.397. The second-order valence-corrected chi connectivity index (χ2v) is 8.65. The molecular formula is C15H13BrCl2N2O3S. The van der Waals surface area contributed by atoms with Crippen molar-refractivity contribution in [1.82, 2.24) is 0 Å². The number of carbonyl (C=O) groups excluding carboxylic acids is 1. The highest BCUT2D eigenvalue weighted by Crippen LogP contribution is 2.27. The molecule has 0 aromatic heterocycles. The molecule has 24 heavy (non-hydrogen) atoms. The molecule has 0 fully saturated rings. The Hall–Kier alpha value is -1.28. The number of amides is 1. The van der Waals surface area contributed by atoms with Gasteiger partial charge in [-0.25, -0.2) is 8.42 Å². The number of nitrogens with zero attached hydrogens (tertiary/aromatic N) is 1. The normalized spacial score (nSPS) is 11.2. The summed E-state index contributed by atoms with van der Waals surface area (Å²) < 4.78 is 25.9. The summed E-state index contributed by atoms with van der Waals surface area (Å²) >= 11 is 15.1. The average Bonchev–Trinajstić information content (AvgIpc) is 2.45. The van der Waals surface area contributed by atoms with E-state index in [9.17, 15) is 13.2 Å². The molecule has 9 heteroatoms. The number of halogens is 3. The van der Waals surface area contributed by atoms with Gasteiger partial charge < -0.3 is 5.32 Å². The van der Waals surface area contributed by atoms with Gasteiger partial charge in [-0.3, -0.25) is 9.10 Å². The molecule has 5 nitrogen and oxygen atoms in total. The number of nitrogens with one attached hydrogen (secondary N) is 1. The first kappa shape index (κ1) is 19.1. The van der Waals surface area contributed by atoms with Crippen LogP contribution in [0.2, 0.25) is 10.0 Å². The maximum atomic E-state index is 12.2. The van der Waals surface area contributed by atoms with Crippen LogP contribution < -0.4 is 9.62 Å². The minimum absolute atomic E-state index is 0.223. The zero-order valence-electron chi connectivity index (χ0n) is 12.5. The molecule has 0 aliphatic carbocycles. The van der Waals surface area contributed by atoms with Crippen molar-refractivity contribution < 1.29 is 13.2 Å². The third-order valence-corrected chi connectivity index (χ3v) is 5.06. The summed E-state index contributed by atoms with van der Waals surface area (Å²) in [7, 11) is -3.70. The van der Waals surface area contributed by atoms with Crippen LogP contribution in [-0.4, -0.2) is 27.1 Å². The van der Waals surface area contributed by atoms with Crippen molar-refractivity contribution in [2.45, 2.75) is 0 Å². The summed E-state index contributed by atoms with van der Waals surface area (Å²) in [5, 5.41) is 3.19. The summed E-state index contributed by atoms with van der Waals surface area (Å²) in [6, 6.07) is 11.3. The third kappa shape index (κ3) is 5.37. The highest BCUT2D eigenvalue weighted by Gasteiger charge is 2.21. The molecule has 1 N–H and O–H groups in total. The minimum Gasteiger partial charge on any atom is -0.325 e. The number of carbonyl (C=O) groups is 1. The van der Waals surface area contributed by atoms with Gasteiger partial charge in [0, 0.05) is 20.2 Å². The first-order valence-electron chi connectivity index (χ1n) is 6.64. The van der Waals surface area contributed by atoms with Crippen molar-refractivity contribution in [3.8, 4) is 0 Å². The van der Waals surface area contributed by atoms with Crippen molar-refractivity contribution in [2.24, 2.45) is 0 Å². The Bertz CT molecular complexity index is 837. The lowest BCUT2D eigenvalue weighted by Gasteiger charge is -2.22. The molecule has 2 aromatic carbocycles. The number of hydrogen-bond acceptors (Lipinski definition) is 3. The molecular weight excluding hydrogens is 439 g/mol. The van der Waals surface area contributed by atoms with E-state index in [1.807, 2.05) is 0 Å². The van der Waals surface area contributed by atoms with E-state index in [0.717, 1.165) is 15.0 Å². The molecule has 0 saturated carbocycles. The lowest BCUT2D eigenvalue weighted by Crippen LogP contribution is -2.37. The molecule has 0 radical (unpaired) electrons. The first-order chi connectivity index (χ1) is 11.1. The van der Waals surface area contributed by atoms with Crippen molar-refractivity contribution in [1.29, 1.82) is 0 Å². The second-order valence-electron chi connectivity index (χ2n) is 4.95. The van der Waals surface area contributed by atoms with Gasteiger partial charge in [0.1, 0.15) is 6.54 Å². The van der Waals surface area contributed by atoms with E-state index < -0.39 is 22.5 Å². The Morgan fingerprint density at radius 2 is 1.67 bits per heavy atom. The molecule has 2 rings (SSSR count). The zero-order valence-corrected chi connectivity index (χ0v) is 16.4. The molecule has 128 valence electrons. The molecule has 0 aliphatic heterocycles. The standard InChI is InChI=1S/C15H13BrCl2N2O3S/c1-24(22,23)20(14-7-11(17)6-12(18)8-14)9-15(21)19-13-4-2-10(16)3-5-13/h2-8H,9H2,1H3,(H,19,21). The number of rotatable bonds is 5. The molecule has 0 heterocycles. The number of anilines is 2. The molecule has 0 spiro atoms. The summed E-state index contributed by atoms with van der Waals surface area (Å²) in [5.74, 6) is -0.487. The van der Waals surface area contributed by atoms with E-state index in [-0.39, 0.29) is 15.7 Å². The van der Waals surface area contributed by atoms with E-state index in [1.165, 1.54) is 18.2 Å². The highest BCUT2D eigenvalue weighted by atomic mass is 79.9. The Labute approximate surface area is 158 Å². The zero-order chi connectivity index (χ0) is 17.9. The fourth-order valence-electron chi connectivity index (χ4n) is 1.95. The molecule has 0 aliphatic rings. The Morgan fingerprint density at radius 3 is 2.17 bits per heavy atom.